The lowest BCUT2D eigenvalue weighted by Crippen LogP contribution is -2.37. The molecule has 2 rings (SSSR count). The molecule has 0 unspecified atom stereocenters. The van der Waals surface area contributed by atoms with Crippen LogP contribution in [-0.4, -0.2) is 38.6 Å². The van der Waals surface area contributed by atoms with Crippen molar-refractivity contribution in [2.45, 2.75) is 19.1 Å². The van der Waals surface area contributed by atoms with Crippen LogP contribution in [0, 0.1) is 0 Å². The van der Waals surface area contributed by atoms with E-state index in [0.717, 1.165) is 29.1 Å². The van der Waals surface area contributed by atoms with E-state index in [-0.39, 0.29) is 24.0 Å². The first-order chi connectivity index (χ1) is 12.8. The van der Waals surface area contributed by atoms with Gasteiger partial charge in [-0.2, -0.15) is 13.2 Å². The van der Waals surface area contributed by atoms with Gasteiger partial charge in [-0.15, -0.1) is 24.0 Å². The summed E-state index contributed by atoms with van der Waals surface area (Å²) < 4.78 is 37.7. The lowest BCUT2D eigenvalue weighted by atomic mass is 10.1. The zero-order chi connectivity index (χ0) is 19.9. The van der Waals surface area contributed by atoms with Gasteiger partial charge in [-0.05, 0) is 41.8 Å². The van der Waals surface area contributed by atoms with E-state index >= 15 is 0 Å². The van der Waals surface area contributed by atoms with Gasteiger partial charge in [0.1, 0.15) is 5.82 Å². The second kappa shape index (κ2) is 11.1. The van der Waals surface area contributed by atoms with E-state index in [0.29, 0.717) is 25.5 Å². The molecule has 0 fully saturated rings. The number of aliphatic imine (C=N–C) groups is 1. The Bertz CT molecular complexity index is 761. The third-order valence-corrected chi connectivity index (χ3v) is 3.94. The number of benzene rings is 1. The maximum atomic E-state index is 12.6. The van der Waals surface area contributed by atoms with Gasteiger partial charge in [-0.3, -0.25) is 4.99 Å². The first-order valence-electron chi connectivity index (χ1n) is 8.52. The summed E-state index contributed by atoms with van der Waals surface area (Å²) in [5.74, 6) is 1.50. The summed E-state index contributed by atoms with van der Waals surface area (Å²) in [6.07, 6.45) is -1.95. The summed E-state index contributed by atoms with van der Waals surface area (Å²) in [5, 5.41) is 6.37. The van der Waals surface area contributed by atoms with Gasteiger partial charge in [0.25, 0.3) is 0 Å². The minimum atomic E-state index is -4.30. The zero-order valence-corrected chi connectivity index (χ0v) is 18.4. The van der Waals surface area contributed by atoms with Crippen molar-refractivity contribution in [2.75, 3.05) is 32.6 Å². The number of hydrogen-bond donors (Lipinski definition) is 2. The number of rotatable bonds is 6. The van der Waals surface area contributed by atoms with Gasteiger partial charge in [0.15, 0.2) is 5.96 Å². The molecule has 1 aromatic heterocycles. The fourth-order valence-corrected chi connectivity index (χ4v) is 2.41. The molecule has 154 valence electrons. The van der Waals surface area contributed by atoms with Gasteiger partial charge in [0.05, 0.1) is 5.56 Å². The quantitative estimate of drug-likeness (QED) is 0.356. The Labute approximate surface area is 180 Å². The Morgan fingerprint density at radius 2 is 1.75 bits per heavy atom. The molecule has 0 amide bonds. The van der Waals surface area contributed by atoms with Crippen molar-refractivity contribution in [1.29, 1.82) is 0 Å². The highest BCUT2D eigenvalue weighted by molar-refractivity contribution is 14.0. The van der Waals surface area contributed by atoms with Crippen LogP contribution in [0.25, 0.3) is 0 Å². The number of nitrogens with one attached hydrogen (secondary N) is 2. The number of pyridine rings is 1. The molecule has 0 spiro atoms. The van der Waals surface area contributed by atoms with Crippen LogP contribution in [0.5, 0.6) is 0 Å². The summed E-state index contributed by atoms with van der Waals surface area (Å²) in [5.41, 5.74) is 1.27. The number of alkyl halides is 3. The summed E-state index contributed by atoms with van der Waals surface area (Å²) in [6, 6.07) is 9.13. The van der Waals surface area contributed by atoms with Crippen LogP contribution in [-0.2, 0) is 19.1 Å². The van der Waals surface area contributed by atoms with E-state index in [9.17, 15) is 13.2 Å². The van der Waals surface area contributed by atoms with Crippen LogP contribution in [0.3, 0.4) is 0 Å². The first kappa shape index (κ1) is 24.0. The lowest BCUT2D eigenvalue weighted by Gasteiger charge is -2.14. The van der Waals surface area contributed by atoms with Crippen LogP contribution in [0.1, 0.15) is 16.7 Å². The van der Waals surface area contributed by atoms with E-state index in [2.05, 4.69) is 20.6 Å². The summed E-state index contributed by atoms with van der Waals surface area (Å²) in [6.45, 7) is 1.15. The van der Waals surface area contributed by atoms with Crippen molar-refractivity contribution in [3.05, 3.63) is 59.3 Å². The van der Waals surface area contributed by atoms with E-state index < -0.39 is 11.7 Å². The van der Waals surface area contributed by atoms with Gasteiger partial charge in [0.2, 0.25) is 0 Å². The minimum Gasteiger partial charge on any atom is -0.363 e. The highest BCUT2D eigenvalue weighted by Crippen LogP contribution is 2.29. The molecule has 2 N–H and O–H groups in total. The van der Waals surface area contributed by atoms with Crippen molar-refractivity contribution in [2.24, 2.45) is 4.99 Å². The normalized spacial score (nSPS) is 11.6. The van der Waals surface area contributed by atoms with Crippen LogP contribution in [0.4, 0.5) is 19.0 Å². The molecule has 0 saturated carbocycles. The van der Waals surface area contributed by atoms with E-state index in [1.165, 1.54) is 12.1 Å². The second-order valence-corrected chi connectivity index (χ2v) is 6.21. The van der Waals surface area contributed by atoms with Crippen molar-refractivity contribution < 1.29 is 13.2 Å². The molecule has 1 heterocycles. The molecule has 28 heavy (non-hydrogen) atoms. The van der Waals surface area contributed by atoms with Crippen molar-refractivity contribution >= 4 is 35.8 Å². The van der Waals surface area contributed by atoms with E-state index in [1.807, 2.05) is 31.1 Å². The number of nitrogens with zero attached hydrogens (tertiary/aromatic N) is 3. The Kier molecular flexibility index (Phi) is 9.50. The lowest BCUT2D eigenvalue weighted by molar-refractivity contribution is -0.137. The van der Waals surface area contributed by atoms with Crippen LogP contribution < -0.4 is 15.5 Å². The average Bonchev–Trinajstić information content (AvgIpc) is 2.64. The zero-order valence-electron chi connectivity index (χ0n) is 16.0. The van der Waals surface area contributed by atoms with Crippen LogP contribution in [0.15, 0.2) is 47.6 Å². The molecule has 0 aliphatic rings. The number of guanidine groups is 1. The van der Waals surface area contributed by atoms with Gasteiger partial charge < -0.3 is 15.5 Å². The van der Waals surface area contributed by atoms with Gasteiger partial charge in [-0.1, -0.05) is 12.1 Å². The molecule has 0 saturated heterocycles. The molecular weight excluding hydrogens is 482 g/mol. The average molecular weight is 507 g/mol. The summed E-state index contributed by atoms with van der Waals surface area (Å²) in [7, 11) is 5.54. The molecule has 1 aromatic carbocycles. The number of halogens is 4. The smallest absolute Gasteiger partial charge is 0.363 e. The first-order valence-corrected chi connectivity index (χ1v) is 8.52. The summed E-state index contributed by atoms with van der Waals surface area (Å²) in [4.78, 5) is 10.4. The van der Waals surface area contributed by atoms with Crippen molar-refractivity contribution in [3.8, 4) is 0 Å². The van der Waals surface area contributed by atoms with Gasteiger partial charge >= 0.3 is 6.18 Å². The van der Waals surface area contributed by atoms with Crippen LogP contribution in [0.2, 0.25) is 0 Å². The third-order valence-electron chi connectivity index (χ3n) is 3.94. The standard InChI is InChI=1S/C19H24F3N5.HI/c1-23-18(26-13-15-9-10-24-17(12-15)27(2)3)25-11-8-14-4-6-16(7-5-14)19(20,21)22;/h4-7,9-10,12H,8,11,13H2,1-3H3,(H2,23,25,26);1H. The Morgan fingerprint density at radius 3 is 2.32 bits per heavy atom. The SMILES string of the molecule is CN=C(NCCc1ccc(C(F)(F)F)cc1)NCc1ccnc(N(C)C)c1.I. The Balaban J connectivity index is 0.00000392. The number of aromatic nitrogens is 1. The molecule has 9 heteroatoms. The second-order valence-electron chi connectivity index (χ2n) is 6.21. The molecule has 0 aliphatic carbocycles. The fraction of sp³-hybridized carbons (Fsp3) is 0.368. The highest BCUT2D eigenvalue weighted by Gasteiger charge is 2.29. The Hall–Kier alpha value is -2.04. The molecule has 2 aromatic rings. The van der Waals surface area contributed by atoms with Gasteiger partial charge in [0, 0.05) is 40.4 Å². The van der Waals surface area contributed by atoms with E-state index in [1.54, 1.807) is 13.2 Å². The Morgan fingerprint density at radius 1 is 1.07 bits per heavy atom. The summed E-state index contributed by atoms with van der Waals surface area (Å²) >= 11 is 0. The fourth-order valence-electron chi connectivity index (χ4n) is 2.41. The predicted octanol–water partition coefficient (Wildman–Crippen LogP) is 3.69. The van der Waals surface area contributed by atoms with Crippen LogP contribution >= 0.6 is 24.0 Å². The van der Waals surface area contributed by atoms with Crippen molar-refractivity contribution in [3.63, 3.8) is 0 Å². The van der Waals surface area contributed by atoms with Gasteiger partial charge in [-0.25, -0.2) is 4.98 Å². The molecule has 0 radical (unpaired) electrons. The molecule has 0 bridgehead atoms. The van der Waals surface area contributed by atoms with E-state index in [4.69, 9.17) is 0 Å². The molecular formula is C19H25F3IN5. The highest BCUT2D eigenvalue weighted by atomic mass is 127. The molecule has 0 aliphatic heterocycles. The molecule has 5 nitrogen and oxygen atoms in total. The maximum Gasteiger partial charge on any atom is 0.416 e. The topological polar surface area (TPSA) is 52.6 Å². The minimum absolute atomic E-state index is 0. The monoisotopic (exact) mass is 507 g/mol. The number of anilines is 1. The maximum absolute atomic E-state index is 12.6. The molecule has 0 atom stereocenters. The van der Waals surface area contributed by atoms with Crippen molar-refractivity contribution in [1.82, 2.24) is 15.6 Å². The number of hydrogen-bond acceptors (Lipinski definition) is 3. The third kappa shape index (κ3) is 7.53. The largest absolute Gasteiger partial charge is 0.416 e. The predicted molar refractivity (Wildman–Crippen MR) is 117 cm³/mol.